The first-order chi connectivity index (χ1) is 13.4. The summed E-state index contributed by atoms with van der Waals surface area (Å²) in [7, 11) is -2.19. The van der Waals surface area contributed by atoms with Crippen LogP contribution in [0.5, 0.6) is 0 Å². The molecule has 3 aromatic rings. The number of ketones is 1. The van der Waals surface area contributed by atoms with E-state index in [0.717, 1.165) is 0 Å². The number of nitrogens with zero attached hydrogens (tertiary/aromatic N) is 1. The Bertz CT molecular complexity index is 1050. The zero-order valence-electron chi connectivity index (χ0n) is 15.2. The van der Waals surface area contributed by atoms with Gasteiger partial charge in [0.25, 0.3) is 10.0 Å². The second-order valence-corrected chi connectivity index (χ2v) is 8.09. The maximum absolute atomic E-state index is 12.9. The summed E-state index contributed by atoms with van der Waals surface area (Å²) in [6, 6.07) is 20.3. The lowest BCUT2D eigenvalue weighted by atomic mass is 10.1. The fourth-order valence-electron chi connectivity index (χ4n) is 2.60. The lowest BCUT2D eigenvalue weighted by Gasteiger charge is -2.19. The fourth-order valence-corrected chi connectivity index (χ4v) is 3.80. The number of para-hydroxylation sites is 1. The predicted octanol–water partition coefficient (Wildman–Crippen LogP) is 3.95. The van der Waals surface area contributed by atoms with Crippen molar-refractivity contribution in [1.29, 1.82) is 0 Å². The zero-order chi connectivity index (χ0) is 20.1. The Morgan fingerprint density at radius 2 is 1.54 bits per heavy atom. The summed E-state index contributed by atoms with van der Waals surface area (Å²) >= 11 is 0. The topological polar surface area (TPSA) is 66.5 Å². The lowest BCUT2D eigenvalue weighted by molar-refractivity contribution is 0.101. The molecule has 0 radical (unpaired) electrons. The average molecular weight is 398 g/mol. The van der Waals surface area contributed by atoms with Gasteiger partial charge in [0.05, 0.1) is 17.1 Å². The highest BCUT2D eigenvalue weighted by Gasteiger charge is 2.21. The van der Waals surface area contributed by atoms with Crippen LogP contribution in [0.2, 0.25) is 0 Å². The lowest BCUT2D eigenvalue weighted by Crippen LogP contribution is -2.26. The van der Waals surface area contributed by atoms with Gasteiger partial charge in [-0.2, -0.15) is 0 Å². The Morgan fingerprint density at radius 3 is 2.14 bits per heavy atom. The van der Waals surface area contributed by atoms with Crippen molar-refractivity contribution >= 4 is 27.2 Å². The zero-order valence-corrected chi connectivity index (χ0v) is 16.0. The highest BCUT2D eigenvalue weighted by atomic mass is 32.2. The summed E-state index contributed by atoms with van der Waals surface area (Å²) in [5.41, 5.74) is 1.57. The Hall–Kier alpha value is -3.19. The molecule has 5 nitrogen and oxygen atoms in total. The highest BCUT2D eigenvalue weighted by molar-refractivity contribution is 7.92. The molecule has 1 N–H and O–H groups in total. The maximum atomic E-state index is 12.9. The molecule has 0 unspecified atom stereocenters. The quantitative estimate of drug-likeness (QED) is 0.612. The molecule has 0 heterocycles. The third kappa shape index (κ3) is 4.37. The molecule has 0 amide bonds. The van der Waals surface area contributed by atoms with E-state index in [-0.39, 0.29) is 17.2 Å². The van der Waals surface area contributed by atoms with E-state index in [9.17, 15) is 17.6 Å². The summed E-state index contributed by atoms with van der Waals surface area (Å²) in [5, 5.41) is 2.95. The van der Waals surface area contributed by atoms with Crippen molar-refractivity contribution in [3.05, 3.63) is 90.2 Å². The van der Waals surface area contributed by atoms with Gasteiger partial charge in [0.1, 0.15) is 5.82 Å². The molecular weight excluding hydrogens is 379 g/mol. The van der Waals surface area contributed by atoms with Crippen molar-refractivity contribution in [3.63, 3.8) is 0 Å². The minimum atomic E-state index is -3.68. The highest BCUT2D eigenvalue weighted by Crippen LogP contribution is 2.22. The normalized spacial score (nSPS) is 11.1. The van der Waals surface area contributed by atoms with Gasteiger partial charge < -0.3 is 5.32 Å². The summed E-state index contributed by atoms with van der Waals surface area (Å²) in [6.07, 6.45) is 0. The number of rotatable bonds is 7. The van der Waals surface area contributed by atoms with Crippen molar-refractivity contribution in [2.75, 3.05) is 23.2 Å². The number of hydrogen-bond acceptors (Lipinski definition) is 4. The Morgan fingerprint density at radius 1 is 0.929 bits per heavy atom. The van der Waals surface area contributed by atoms with E-state index in [1.165, 1.54) is 47.8 Å². The van der Waals surface area contributed by atoms with Crippen LogP contribution in [0.3, 0.4) is 0 Å². The molecule has 0 bridgehead atoms. The number of carbonyl (C=O) groups excluding carboxylic acids is 1. The number of nitrogens with one attached hydrogen (secondary N) is 1. The summed E-state index contributed by atoms with van der Waals surface area (Å²) in [5.74, 6) is -0.595. The second kappa shape index (κ2) is 8.22. The number of sulfonamides is 1. The molecule has 3 rings (SSSR count). The van der Waals surface area contributed by atoms with Crippen LogP contribution in [-0.4, -0.2) is 27.8 Å². The fraction of sp³-hybridized carbons (Fsp3) is 0.0952. The monoisotopic (exact) mass is 398 g/mol. The smallest absolute Gasteiger partial charge is 0.264 e. The minimum absolute atomic E-state index is 0.0155. The first-order valence-corrected chi connectivity index (χ1v) is 9.98. The Labute approximate surface area is 163 Å². The van der Waals surface area contributed by atoms with Gasteiger partial charge in [-0.3, -0.25) is 9.10 Å². The summed E-state index contributed by atoms with van der Waals surface area (Å²) < 4.78 is 39.6. The maximum Gasteiger partial charge on any atom is 0.264 e. The van der Waals surface area contributed by atoms with Crippen LogP contribution in [0.25, 0.3) is 0 Å². The number of halogens is 1. The molecule has 7 heteroatoms. The molecule has 0 saturated carbocycles. The SMILES string of the molecule is CN(c1ccccc1)S(=O)(=O)c1ccc(NCC(=O)c2ccc(F)cc2)cc1. The van der Waals surface area contributed by atoms with Crippen LogP contribution in [0.1, 0.15) is 10.4 Å². The van der Waals surface area contributed by atoms with E-state index in [1.54, 1.807) is 36.4 Å². The van der Waals surface area contributed by atoms with Crippen LogP contribution in [0.4, 0.5) is 15.8 Å². The second-order valence-electron chi connectivity index (χ2n) is 6.12. The molecule has 3 aromatic carbocycles. The van der Waals surface area contributed by atoms with Gasteiger partial charge in [0, 0.05) is 18.3 Å². The van der Waals surface area contributed by atoms with E-state index < -0.39 is 15.8 Å². The summed E-state index contributed by atoms with van der Waals surface area (Å²) in [4.78, 5) is 12.3. The number of hydrogen-bond donors (Lipinski definition) is 1. The molecule has 144 valence electrons. The molecule has 0 spiro atoms. The molecular formula is C21H19FN2O3S. The standard InChI is InChI=1S/C21H19FN2O3S/c1-24(19-5-3-2-4-6-19)28(26,27)20-13-11-18(12-14-20)23-15-21(25)16-7-9-17(22)10-8-16/h2-14,23H,15H2,1H3. The predicted molar refractivity (Wildman–Crippen MR) is 108 cm³/mol. The van der Waals surface area contributed by atoms with E-state index in [2.05, 4.69) is 5.32 Å². The van der Waals surface area contributed by atoms with Gasteiger partial charge in [0.15, 0.2) is 5.78 Å². The number of carbonyl (C=O) groups is 1. The van der Waals surface area contributed by atoms with Crippen molar-refractivity contribution < 1.29 is 17.6 Å². The number of benzene rings is 3. The number of anilines is 2. The van der Waals surface area contributed by atoms with Crippen LogP contribution in [0.15, 0.2) is 83.8 Å². The van der Waals surface area contributed by atoms with Crippen LogP contribution >= 0.6 is 0 Å². The molecule has 0 aliphatic rings. The van der Waals surface area contributed by atoms with Gasteiger partial charge >= 0.3 is 0 Å². The van der Waals surface area contributed by atoms with Crippen molar-refractivity contribution in [3.8, 4) is 0 Å². The summed E-state index contributed by atoms with van der Waals surface area (Å²) in [6.45, 7) is 0.0155. The third-order valence-corrected chi connectivity index (χ3v) is 6.05. The van der Waals surface area contributed by atoms with Crippen molar-refractivity contribution in [1.82, 2.24) is 0 Å². The van der Waals surface area contributed by atoms with Gasteiger partial charge in [-0.05, 0) is 60.7 Å². The number of Topliss-reactive ketones (excluding diaryl/α,β-unsaturated/α-hetero) is 1. The van der Waals surface area contributed by atoms with Crippen LogP contribution in [-0.2, 0) is 10.0 Å². The van der Waals surface area contributed by atoms with Gasteiger partial charge in [-0.1, -0.05) is 18.2 Å². The van der Waals surface area contributed by atoms with E-state index in [1.807, 2.05) is 6.07 Å². The average Bonchev–Trinajstić information content (AvgIpc) is 2.73. The third-order valence-electron chi connectivity index (χ3n) is 4.25. The van der Waals surface area contributed by atoms with Crippen molar-refractivity contribution in [2.45, 2.75) is 4.90 Å². The van der Waals surface area contributed by atoms with E-state index in [0.29, 0.717) is 16.9 Å². The Kier molecular flexibility index (Phi) is 5.75. The van der Waals surface area contributed by atoms with Gasteiger partial charge in [-0.15, -0.1) is 0 Å². The Balaban J connectivity index is 1.67. The van der Waals surface area contributed by atoms with Crippen molar-refractivity contribution in [2.24, 2.45) is 0 Å². The molecule has 0 aliphatic heterocycles. The molecule has 28 heavy (non-hydrogen) atoms. The van der Waals surface area contributed by atoms with Gasteiger partial charge in [-0.25, -0.2) is 12.8 Å². The van der Waals surface area contributed by atoms with Gasteiger partial charge in [0.2, 0.25) is 0 Å². The molecule has 0 aliphatic carbocycles. The molecule has 0 saturated heterocycles. The van der Waals surface area contributed by atoms with E-state index >= 15 is 0 Å². The molecule has 0 atom stereocenters. The minimum Gasteiger partial charge on any atom is -0.378 e. The van der Waals surface area contributed by atoms with Crippen LogP contribution in [0, 0.1) is 5.82 Å². The van der Waals surface area contributed by atoms with Crippen LogP contribution < -0.4 is 9.62 Å². The van der Waals surface area contributed by atoms with E-state index in [4.69, 9.17) is 0 Å². The largest absolute Gasteiger partial charge is 0.378 e. The molecule has 0 fully saturated rings. The first kappa shape index (κ1) is 19.6. The first-order valence-electron chi connectivity index (χ1n) is 8.54. The molecule has 0 aromatic heterocycles.